The summed E-state index contributed by atoms with van der Waals surface area (Å²) < 4.78 is 5.30. The van der Waals surface area contributed by atoms with Gasteiger partial charge in [0.05, 0.1) is 0 Å². The number of carbonyl (C=O) groups excluding carboxylic acids is 1. The Balaban J connectivity index is 0.00000137. The maximum absolute atomic E-state index is 11.5. The average molecular weight is 252 g/mol. The van der Waals surface area contributed by atoms with Gasteiger partial charge >= 0.3 is 6.09 Å². The highest BCUT2D eigenvalue weighted by atomic mass is 16.6. The molecule has 0 spiro atoms. The molecule has 2 N–H and O–H groups in total. The van der Waals surface area contributed by atoms with Crippen LogP contribution in [-0.4, -0.2) is 25.3 Å². The molecule has 1 aliphatic rings. The van der Waals surface area contributed by atoms with Crippen molar-refractivity contribution in [1.29, 1.82) is 0 Å². The number of hydrogen-bond acceptors (Lipinski definition) is 3. The molecule has 1 saturated heterocycles. The first-order chi connectivity index (χ1) is 8.63. The lowest BCUT2D eigenvalue weighted by Gasteiger charge is -2.23. The molecule has 102 valence electrons. The molecule has 0 aliphatic carbocycles. The van der Waals surface area contributed by atoms with Crippen molar-refractivity contribution in [2.45, 2.75) is 32.8 Å². The van der Waals surface area contributed by atoms with Gasteiger partial charge in [0.25, 0.3) is 0 Å². The molecule has 1 heterocycles. The summed E-state index contributed by atoms with van der Waals surface area (Å²) in [6, 6.07) is 0. The van der Waals surface area contributed by atoms with Crippen molar-refractivity contribution in [3.05, 3.63) is 37.1 Å². The molecule has 18 heavy (non-hydrogen) atoms. The molecule has 0 unspecified atom stereocenters. The predicted molar refractivity (Wildman–Crippen MR) is 75.3 cm³/mol. The second-order valence-electron chi connectivity index (χ2n) is 3.96. The first kappa shape index (κ1) is 16.4. The van der Waals surface area contributed by atoms with E-state index < -0.39 is 0 Å². The van der Waals surface area contributed by atoms with Crippen LogP contribution in [-0.2, 0) is 4.74 Å². The first-order valence-electron chi connectivity index (χ1n) is 6.14. The number of amides is 1. The number of ether oxygens (including phenoxy) is 1. The van der Waals surface area contributed by atoms with Crippen LogP contribution in [0.25, 0.3) is 0 Å². The first-order valence-corrected chi connectivity index (χ1v) is 6.14. The van der Waals surface area contributed by atoms with Crippen LogP contribution >= 0.6 is 0 Å². The van der Waals surface area contributed by atoms with Crippen molar-refractivity contribution >= 4 is 6.09 Å². The molecular formula is C14H24N2O2. The van der Waals surface area contributed by atoms with Crippen LogP contribution in [0.2, 0.25) is 0 Å². The van der Waals surface area contributed by atoms with E-state index in [0.29, 0.717) is 0 Å². The van der Waals surface area contributed by atoms with Gasteiger partial charge in [-0.05, 0) is 45.4 Å². The van der Waals surface area contributed by atoms with Crippen LogP contribution in [0.5, 0.6) is 0 Å². The highest BCUT2D eigenvalue weighted by Gasteiger charge is 2.17. The van der Waals surface area contributed by atoms with Crippen LogP contribution in [0.4, 0.5) is 4.79 Å². The summed E-state index contributed by atoms with van der Waals surface area (Å²) in [5.74, 6) is 0. The number of hydrogen-bond donors (Lipinski definition) is 2. The van der Waals surface area contributed by atoms with Gasteiger partial charge < -0.3 is 10.1 Å². The zero-order chi connectivity index (χ0) is 14.0. The number of rotatable bonds is 3. The van der Waals surface area contributed by atoms with E-state index in [9.17, 15) is 4.79 Å². The number of nitrogens with one attached hydrogen (secondary N) is 2. The zero-order valence-corrected chi connectivity index (χ0v) is 11.4. The second kappa shape index (κ2) is 9.48. The maximum Gasteiger partial charge on any atom is 0.411 e. The summed E-state index contributed by atoms with van der Waals surface area (Å²) in [6.45, 7) is 15.3. The van der Waals surface area contributed by atoms with Crippen LogP contribution in [0, 0.1) is 0 Å². The summed E-state index contributed by atoms with van der Waals surface area (Å²) in [5.41, 5.74) is 1.55. The largest absolute Gasteiger partial charge is 0.446 e. The van der Waals surface area contributed by atoms with E-state index in [4.69, 9.17) is 4.74 Å². The van der Waals surface area contributed by atoms with Crippen molar-refractivity contribution in [3.8, 4) is 0 Å². The van der Waals surface area contributed by atoms with E-state index in [1.165, 1.54) is 0 Å². The third kappa shape index (κ3) is 6.25. The minimum atomic E-state index is -0.386. The zero-order valence-electron chi connectivity index (χ0n) is 11.4. The minimum absolute atomic E-state index is 0.0319. The van der Waals surface area contributed by atoms with Gasteiger partial charge in [0, 0.05) is 5.70 Å². The lowest BCUT2D eigenvalue weighted by Crippen LogP contribution is -2.36. The van der Waals surface area contributed by atoms with Gasteiger partial charge in [-0.3, -0.25) is 5.32 Å². The molecule has 0 aromatic heterocycles. The molecular weight excluding hydrogens is 228 g/mol. The topological polar surface area (TPSA) is 50.4 Å². The van der Waals surface area contributed by atoms with Crippen molar-refractivity contribution in [3.63, 3.8) is 0 Å². The Labute approximate surface area is 110 Å². The maximum atomic E-state index is 11.5. The number of piperidine rings is 1. The summed E-state index contributed by atoms with van der Waals surface area (Å²) >= 11 is 0. The van der Waals surface area contributed by atoms with E-state index in [-0.39, 0.29) is 12.2 Å². The minimum Gasteiger partial charge on any atom is -0.446 e. The van der Waals surface area contributed by atoms with Crippen LogP contribution in [0.15, 0.2) is 37.1 Å². The Morgan fingerprint density at radius 1 is 1.39 bits per heavy atom. The predicted octanol–water partition coefficient (Wildman–Crippen LogP) is 2.75. The molecule has 0 atom stereocenters. The Morgan fingerprint density at radius 2 is 1.94 bits per heavy atom. The molecule has 4 nitrogen and oxygen atoms in total. The average Bonchev–Trinajstić information content (AvgIpc) is 2.39. The standard InChI is InChI=1S/C12H20N2O2.C2H4/c1-4-11(9(2)3)14-12(15)16-10-5-7-13-8-6-10;1-2/h4,10,13H,2,5-8H2,1,3H3,(H,14,15);1-2H2/b11-4+;. The molecule has 1 fully saturated rings. The molecule has 4 heteroatoms. The fourth-order valence-electron chi connectivity index (χ4n) is 1.63. The number of allylic oxidation sites excluding steroid dienone is 2. The lowest BCUT2D eigenvalue weighted by atomic mass is 10.1. The van der Waals surface area contributed by atoms with E-state index in [2.05, 4.69) is 30.4 Å². The summed E-state index contributed by atoms with van der Waals surface area (Å²) in [5, 5.41) is 5.91. The molecule has 0 bridgehead atoms. The number of alkyl carbamates (subject to hydrolysis) is 1. The van der Waals surface area contributed by atoms with Gasteiger partial charge in [0.1, 0.15) is 6.10 Å². The van der Waals surface area contributed by atoms with Crippen LogP contribution < -0.4 is 10.6 Å². The van der Waals surface area contributed by atoms with Gasteiger partial charge in [0.2, 0.25) is 0 Å². The van der Waals surface area contributed by atoms with Gasteiger partial charge in [-0.1, -0.05) is 12.7 Å². The van der Waals surface area contributed by atoms with E-state index in [1.807, 2.05) is 19.9 Å². The summed E-state index contributed by atoms with van der Waals surface area (Å²) in [6.07, 6.45) is 3.22. The Kier molecular flexibility index (Phi) is 8.66. The smallest absolute Gasteiger partial charge is 0.411 e. The number of carbonyl (C=O) groups is 1. The van der Waals surface area contributed by atoms with Gasteiger partial charge in [-0.15, -0.1) is 13.2 Å². The molecule has 0 saturated carbocycles. The van der Waals surface area contributed by atoms with E-state index in [1.54, 1.807) is 0 Å². The van der Waals surface area contributed by atoms with Gasteiger partial charge in [-0.2, -0.15) is 0 Å². The second-order valence-corrected chi connectivity index (χ2v) is 3.96. The Bertz CT molecular complexity index is 305. The van der Waals surface area contributed by atoms with Crippen LogP contribution in [0.1, 0.15) is 26.7 Å². The highest BCUT2D eigenvalue weighted by molar-refractivity contribution is 5.70. The Morgan fingerprint density at radius 3 is 2.39 bits per heavy atom. The third-order valence-electron chi connectivity index (χ3n) is 2.55. The highest BCUT2D eigenvalue weighted by Crippen LogP contribution is 2.09. The van der Waals surface area contributed by atoms with E-state index >= 15 is 0 Å². The summed E-state index contributed by atoms with van der Waals surface area (Å²) in [7, 11) is 0. The van der Waals surface area contributed by atoms with E-state index in [0.717, 1.165) is 37.2 Å². The fourth-order valence-corrected chi connectivity index (χ4v) is 1.63. The SMILES string of the molecule is C=C.C=C(C)/C(=C\C)NC(=O)OC1CCNCC1. The third-order valence-corrected chi connectivity index (χ3v) is 2.55. The molecule has 1 aliphatic heterocycles. The molecule has 1 amide bonds. The quantitative estimate of drug-likeness (QED) is 0.600. The normalized spacial score (nSPS) is 16.2. The molecule has 0 aromatic rings. The Hall–Kier alpha value is -1.55. The van der Waals surface area contributed by atoms with Crippen molar-refractivity contribution in [1.82, 2.24) is 10.6 Å². The van der Waals surface area contributed by atoms with Crippen LogP contribution in [0.3, 0.4) is 0 Å². The molecule has 0 radical (unpaired) electrons. The van der Waals surface area contributed by atoms with Crippen molar-refractivity contribution < 1.29 is 9.53 Å². The summed E-state index contributed by atoms with van der Waals surface area (Å²) in [4.78, 5) is 11.5. The van der Waals surface area contributed by atoms with Crippen molar-refractivity contribution in [2.24, 2.45) is 0 Å². The fraction of sp³-hybridized carbons (Fsp3) is 0.500. The van der Waals surface area contributed by atoms with Crippen molar-refractivity contribution in [2.75, 3.05) is 13.1 Å². The lowest BCUT2D eigenvalue weighted by molar-refractivity contribution is 0.0816. The monoisotopic (exact) mass is 252 g/mol. The molecule has 1 rings (SSSR count). The van der Waals surface area contributed by atoms with Gasteiger partial charge in [0.15, 0.2) is 0 Å². The van der Waals surface area contributed by atoms with Gasteiger partial charge in [-0.25, -0.2) is 4.79 Å². The molecule has 0 aromatic carbocycles.